The summed E-state index contributed by atoms with van der Waals surface area (Å²) in [6.45, 7) is 8.09. The molecule has 0 saturated carbocycles. The zero-order valence-electron chi connectivity index (χ0n) is 13.4. The number of hydrogen-bond donors (Lipinski definition) is 0. The third-order valence-electron chi connectivity index (χ3n) is 4.47. The van der Waals surface area contributed by atoms with E-state index in [1.54, 1.807) is 7.11 Å². The van der Waals surface area contributed by atoms with Crippen molar-refractivity contribution in [2.75, 3.05) is 7.11 Å². The highest BCUT2D eigenvalue weighted by Gasteiger charge is 2.52. The van der Waals surface area contributed by atoms with Crippen molar-refractivity contribution in [2.24, 2.45) is 0 Å². The molecular weight excluding hydrogens is 300 g/mol. The minimum Gasteiger partial charge on any atom is -0.481 e. The Hall–Kier alpha value is -1.30. The number of methoxy groups -OCH3 is 1. The second kappa shape index (κ2) is 5.12. The third kappa shape index (κ3) is 2.47. The number of benzene rings is 1. The average molecular weight is 320 g/mol. The number of hydrogen-bond acceptors (Lipinski definition) is 4. The van der Waals surface area contributed by atoms with Gasteiger partial charge in [-0.25, -0.2) is 4.98 Å². The monoisotopic (exact) mass is 319 g/mol. The van der Waals surface area contributed by atoms with Crippen molar-refractivity contribution < 1.29 is 14.0 Å². The van der Waals surface area contributed by atoms with Gasteiger partial charge in [0.15, 0.2) is 0 Å². The molecule has 116 valence electrons. The predicted molar refractivity (Wildman–Crippen MR) is 89.0 cm³/mol. The Bertz CT molecular complexity index is 717. The lowest BCUT2D eigenvalue weighted by Gasteiger charge is -2.32. The van der Waals surface area contributed by atoms with Crippen molar-refractivity contribution in [3.63, 3.8) is 0 Å². The maximum Gasteiger partial charge on any atom is 0.500 e. The molecule has 1 aliphatic heterocycles. The Labute approximate surface area is 135 Å². The molecule has 1 aliphatic rings. The van der Waals surface area contributed by atoms with E-state index >= 15 is 0 Å². The molecule has 2 heterocycles. The van der Waals surface area contributed by atoms with E-state index < -0.39 is 18.3 Å². The summed E-state index contributed by atoms with van der Waals surface area (Å²) in [5.41, 5.74) is 0.760. The summed E-state index contributed by atoms with van der Waals surface area (Å²) in [5, 5.41) is 1.61. The van der Waals surface area contributed by atoms with Crippen molar-refractivity contribution in [3.8, 4) is 5.88 Å². The van der Waals surface area contributed by atoms with Crippen LogP contribution in [0.15, 0.2) is 24.3 Å². The molecule has 4 nitrogen and oxygen atoms in total. The van der Waals surface area contributed by atoms with Crippen molar-refractivity contribution in [1.82, 2.24) is 4.98 Å². The maximum absolute atomic E-state index is 6.10. The first-order valence-electron chi connectivity index (χ1n) is 7.23. The minimum atomic E-state index is -0.507. The fourth-order valence-corrected chi connectivity index (χ4v) is 2.61. The fourth-order valence-electron chi connectivity index (χ4n) is 2.44. The Balaban J connectivity index is 2.09. The maximum atomic E-state index is 6.10. The summed E-state index contributed by atoms with van der Waals surface area (Å²) < 4.78 is 17.6. The molecule has 0 bridgehead atoms. The number of ether oxygens (including phenoxy) is 1. The standard InChI is InChI=1S/C16H19BClNO3/c1-15(2)16(3,4)22-17(21-15)12-8-10-6-7-11(18)9-13(10)19-14(12)20-5/h6-9H,1-5H3. The van der Waals surface area contributed by atoms with E-state index in [4.69, 9.17) is 25.6 Å². The molecule has 6 heteroatoms. The molecule has 0 atom stereocenters. The molecular formula is C16H19BClNO3. The van der Waals surface area contributed by atoms with E-state index in [0.29, 0.717) is 10.9 Å². The topological polar surface area (TPSA) is 40.6 Å². The number of aromatic nitrogens is 1. The molecule has 2 aromatic rings. The SMILES string of the molecule is COc1nc2cc(Cl)ccc2cc1B1OC(C)(C)C(C)(C)O1. The first-order chi connectivity index (χ1) is 10.2. The van der Waals surface area contributed by atoms with Crippen LogP contribution in [0.3, 0.4) is 0 Å². The Kier molecular flexibility index (Phi) is 3.63. The smallest absolute Gasteiger partial charge is 0.481 e. The molecule has 0 aliphatic carbocycles. The number of pyridine rings is 1. The molecule has 0 unspecified atom stereocenters. The molecule has 1 saturated heterocycles. The van der Waals surface area contributed by atoms with Crippen molar-refractivity contribution in [3.05, 3.63) is 29.3 Å². The van der Waals surface area contributed by atoms with Gasteiger partial charge in [0.25, 0.3) is 0 Å². The largest absolute Gasteiger partial charge is 0.500 e. The van der Waals surface area contributed by atoms with Gasteiger partial charge in [-0.05, 0) is 45.9 Å². The van der Waals surface area contributed by atoms with Crippen LogP contribution in [0, 0.1) is 0 Å². The zero-order valence-corrected chi connectivity index (χ0v) is 14.2. The van der Waals surface area contributed by atoms with Crippen LogP contribution in [0.5, 0.6) is 5.88 Å². The van der Waals surface area contributed by atoms with Crippen LogP contribution < -0.4 is 10.2 Å². The summed E-state index contributed by atoms with van der Waals surface area (Å²) >= 11 is 6.03. The molecule has 1 fully saturated rings. The van der Waals surface area contributed by atoms with Crippen LogP contribution in [0.1, 0.15) is 27.7 Å². The molecule has 0 N–H and O–H groups in total. The molecule has 1 aromatic heterocycles. The number of rotatable bonds is 2. The lowest BCUT2D eigenvalue weighted by Crippen LogP contribution is -2.41. The van der Waals surface area contributed by atoms with E-state index in [2.05, 4.69) is 4.98 Å². The number of fused-ring (bicyclic) bond motifs is 1. The summed E-state index contributed by atoms with van der Waals surface area (Å²) in [6, 6.07) is 7.57. The molecule has 3 rings (SSSR count). The third-order valence-corrected chi connectivity index (χ3v) is 4.71. The van der Waals surface area contributed by atoms with E-state index in [9.17, 15) is 0 Å². The van der Waals surface area contributed by atoms with Gasteiger partial charge in [0, 0.05) is 15.9 Å². The van der Waals surface area contributed by atoms with Crippen molar-refractivity contribution in [2.45, 2.75) is 38.9 Å². The first kappa shape index (κ1) is 15.6. The molecule has 0 spiro atoms. The van der Waals surface area contributed by atoms with Gasteiger partial charge in [0.2, 0.25) is 5.88 Å². The minimum absolute atomic E-state index is 0.405. The quantitative estimate of drug-likeness (QED) is 0.797. The summed E-state index contributed by atoms with van der Waals surface area (Å²) in [7, 11) is 1.08. The second-order valence-electron chi connectivity index (χ2n) is 6.51. The Morgan fingerprint density at radius 1 is 1.09 bits per heavy atom. The van der Waals surface area contributed by atoms with E-state index in [0.717, 1.165) is 16.4 Å². The van der Waals surface area contributed by atoms with Crippen LogP contribution in [-0.4, -0.2) is 30.4 Å². The van der Waals surface area contributed by atoms with Crippen LogP contribution in [0.4, 0.5) is 0 Å². The predicted octanol–water partition coefficient (Wildman–Crippen LogP) is 3.20. The van der Waals surface area contributed by atoms with E-state index in [1.807, 2.05) is 52.0 Å². The lowest BCUT2D eigenvalue weighted by molar-refractivity contribution is 0.00578. The van der Waals surface area contributed by atoms with E-state index in [1.165, 1.54) is 0 Å². The van der Waals surface area contributed by atoms with Crippen molar-refractivity contribution >= 4 is 35.1 Å². The van der Waals surface area contributed by atoms with Crippen LogP contribution in [0.2, 0.25) is 5.02 Å². The van der Waals surface area contributed by atoms with Gasteiger partial charge in [0.05, 0.1) is 23.8 Å². The number of halogens is 1. The van der Waals surface area contributed by atoms with Crippen LogP contribution >= 0.6 is 11.6 Å². The van der Waals surface area contributed by atoms with Crippen LogP contribution in [0.25, 0.3) is 10.9 Å². The van der Waals surface area contributed by atoms with Gasteiger partial charge in [-0.15, -0.1) is 0 Å². The Morgan fingerprint density at radius 3 is 2.32 bits per heavy atom. The first-order valence-corrected chi connectivity index (χ1v) is 7.61. The number of nitrogens with zero attached hydrogens (tertiary/aromatic N) is 1. The molecule has 0 radical (unpaired) electrons. The molecule has 1 aromatic carbocycles. The highest BCUT2D eigenvalue weighted by molar-refractivity contribution is 6.63. The van der Waals surface area contributed by atoms with Gasteiger partial charge in [0.1, 0.15) is 0 Å². The summed E-state index contributed by atoms with van der Waals surface area (Å²) in [5.74, 6) is 0.494. The van der Waals surface area contributed by atoms with Gasteiger partial charge >= 0.3 is 7.12 Å². The fraction of sp³-hybridized carbons (Fsp3) is 0.438. The van der Waals surface area contributed by atoms with Gasteiger partial charge in [-0.2, -0.15) is 0 Å². The van der Waals surface area contributed by atoms with Gasteiger partial charge < -0.3 is 14.0 Å². The average Bonchev–Trinajstić information content (AvgIpc) is 2.65. The highest BCUT2D eigenvalue weighted by Crippen LogP contribution is 2.37. The highest BCUT2D eigenvalue weighted by atomic mass is 35.5. The Morgan fingerprint density at radius 2 is 1.73 bits per heavy atom. The molecule has 22 heavy (non-hydrogen) atoms. The second-order valence-corrected chi connectivity index (χ2v) is 6.95. The summed E-state index contributed by atoms with van der Waals surface area (Å²) in [4.78, 5) is 4.53. The van der Waals surface area contributed by atoms with Gasteiger partial charge in [-0.3, -0.25) is 0 Å². The zero-order chi connectivity index (χ0) is 16.1. The van der Waals surface area contributed by atoms with Crippen LogP contribution in [-0.2, 0) is 9.31 Å². The lowest BCUT2D eigenvalue weighted by atomic mass is 9.79. The normalized spacial score (nSPS) is 19.6. The molecule has 0 amide bonds. The summed E-state index contributed by atoms with van der Waals surface area (Å²) in [6.07, 6.45) is 0. The van der Waals surface area contributed by atoms with Crippen molar-refractivity contribution in [1.29, 1.82) is 0 Å². The van der Waals surface area contributed by atoms with Gasteiger partial charge in [-0.1, -0.05) is 17.7 Å². The van der Waals surface area contributed by atoms with E-state index in [-0.39, 0.29) is 0 Å².